The number of H-pyrrole nitrogens is 1. The fraction of sp³-hybridized carbons (Fsp3) is 0.143. The van der Waals surface area contributed by atoms with Gasteiger partial charge in [-0.2, -0.15) is 5.10 Å². The van der Waals surface area contributed by atoms with Crippen LogP contribution < -0.4 is 11.4 Å². The Morgan fingerprint density at radius 2 is 2.05 bits per heavy atom. The molecule has 5 nitrogen and oxygen atoms in total. The van der Waals surface area contributed by atoms with Gasteiger partial charge in [-0.05, 0) is 13.0 Å². The van der Waals surface area contributed by atoms with E-state index in [9.17, 15) is 4.79 Å². The number of aromatic amines is 1. The molecular weight excluding hydrogens is 242 g/mol. The van der Waals surface area contributed by atoms with Gasteiger partial charge in [0.1, 0.15) is 5.76 Å². The van der Waals surface area contributed by atoms with E-state index in [1.54, 1.807) is 25.4 Å². The van der Waals surface area contributed by atoms with E-state index in [4.69, 9.17) is 10.2 Å². The average molecular weight is 255 g/mol. The summed E-state index contributed by atoms with van der Waals surface area (Å²) < 4.78 is 5.38. The van der Waals surface area contributed by atoms with Crippen LogP contribution in [-0.4, -0.2) is 10.2 Å². The molecule has 0 radical (unpaired) electrons. The second-order valence-corrected chi connectivity index (χ2v) is 4.45. The van der Waals surface area contributed by atoms with E-state index in [1.807, 2.05) is 18.2 Å². The highest BCUT2D eigenvalue weighted by Gasteiger charge is 2.18. The van der Waals surface area contributed by atoms with Crippen LogP contribution in [-0.2, 0) is 0 Å². The van der Waals surface area contributed by atoms with E-state index < -0.39 is 0 Å². The van der Waals surface area contributed by atoms with Gasteiger partial charge in [-0.1, -0.05) is 18.2 Å². The third-order valence-electron chi connectivity index (χ3n) is 3.07. The van der Waals surface area contributed by atoms with Crippen LogP contribution in [0.1, 0.15) is 18.7 Å². The molecule has 0 aliphatic rings. The van der Waals surface area contributed by atoms with Gasteiger partial charge >= 0.3 is 5.63 Å². The Labute approximate surface area is 109 Å². The van der Waals surface area contributed by atoms with Crippen molar-refractivity contribution in [2.24, 2.45) is 5.73 Å². The topological polar surface area (TPSA) is 84.9 Å². The van der Waals surface area contributed by atoms with Crippen molar-refractivity contribution in [3.8, 4) is 11.1 Å². The molecule has 96 valence electrons. The Kier molecular flexibility index (Phi) is 2.68. The first kappa shape index (κ1) is 11.7. The summed E-state index contributed by atoms with van der Waals surface area (Å²) in [7, 11) is 0. The number of fused-ring (bicyclic) bond motifs is 1. The lowest BCUT2D eigenvalue weighted by atomic mass is 9.98. The van der Waals surface area contributed by atoms with Gasteiger partial charge in [-0.15, -0.1) is 0 Å². The number of aromatic nitrogens is 2. The third kappa shape index (κ3) is 1.84. The van der Waals surface area contributed by atoms with Crippen LogP contribution in [0, 0.1) is 0 Å². The van der Waals surface area contributed by atoms with Gasteiger partial charge in [0, 0.05) is 22.7 Å². The van der Waals surface area contributed by atoms with Gasteiger partial charge in [-0.25, -0.2) is 4.79 Å². The van der Waals surface area contributed by atoms with Crippen molar-refractivity contribution in [1.29, 1.82) is 0 Å². The Morgan fingerprint density at radius 1 is 1.32 bits per heavy atom. The van der Waals surface area contributed by atoms with Gasteiger partial charge in [-0.3, -0.25) is 5.10 Å². The monoisotopic (exact) mass is 255 g/mol. The maximum atomic E-state index is 12.0. The van der Waals surface area contributed by atoms with Gasteiger partial charge in [0.25, 0.3) is 0 Å². The summed E-state index contributed by atoms with van der Waals surface area (Å²) in [5.74, 6) is 0.477. The second-order valence-electron chi connectivity index (χ2n) is 4.45. The Balaban J connectivity index is 2.48. The molecule has 0 spiro atoms. The van der Waals surface area contributed by atoms with Gasteiger partial charge in [0.15, 0.2) is 0 Å². The largest absolute Gasteiger partial charge is 0.425 e. The van der Waals surface area contributed by atoms with Crippen molar-refractivity contribution in [3.05, 3.63) is 52.8 Å². The molecule has 1 unspecified atom stereocenters. The van der Waals surface area contributed by atoms with Crippen molar-refractivity contribution >= 4 is 10.8 Å². The van der Waals surface area contributed by atoms with Crippen molar-refractivity contribution in [1.82, 2.24) is 10.2 Å². The minimum Gasteiger partial charge on any atom is -0.425 e. The lowest BCUT2D eigenvalue weighted by Crippen LogP contribution is -2.12. The minimum absolute atomic E-state index is 0.366. The van der Waals surface area contributed by atoms with Crippen LogP contribution in [0.25, 0.3) is 21.9 Å². The molecule has 3 N–H and O–H groups in total. The molecule has 2 heterocycles. The molecule has 0 bridgehead atoms. The zero-order chi connectivity index (χ0) is 13.4. The highest BCUT2D eigenvalue weighted by atomic mass is 16.4. The van der Waals surface area contributed by atoms with Crippen molar-refractivity contribution in [2.75, 3.05) is 0 Å². The molecule has 0 aliphatic carbocycles. The fourth-order valence-electron chi connectivity index (χ4n) is 2.22. The van der Waals surface area contributed by atoms with E-state index >= 15 is 0 Å². The number of rotatable bonds is 2. The first-order chi connectivity index (χ1) is 9.18. The van der Waals surface area contributed by atoms with Gasteiger partial charge in [0.2, 0.25) is 0 Å². The summed E-state index contributed by atoms with van der Waals surface area (Å²) in [6.45, 7) is 1.79. The molecule has 5 heteroatoms. The fourth-order valence-corrected chi connectivity index (χ4v) is 2.22. The zero-order valence-corrected chi connectivity index (χ0v) is 10.4. The number of hydrogen-bond donors (Lipinski definition) is 2. The second kappa shape index (κ2) is 4.37. The highest BCUT2D eigenvalue weighted by Crippen LogP contribution is 2.32. The molecule has 3 rings (SSSR count). The standard InChI is InChI=1S/C14H13N3O2/c1-8(15)13-12(9-6-16-17-7-9)10-4-2-3-5-11(10)14(18)19-13/h2-8H,15H2,1H3,(H,16,17). The SMILES string of the molecule is CC(N)c1oc(=O)c2ccccc2c1-c1cn[nH]c1. The van der Waals surface area contributed by atoms with E-state index in [-0.39, 0.29) is 11.7 Å². The number of nitrogens with two attached hydrogens (primary N) is 1. The summed E-state index contributed by atoms with van der Waals surface area (Å²) in [5.41, 5.74) is 7.22. The van der Waals surface area contributed by atoms with E-state index in [0.29, 0.717) is 11.1 Å². The molecule has 0 amide bonds. The van der Waals surface area contributed by atoms with Crippen molar-refractivity contribution in [3.63, 3.8) is 0 Å². The highest BCUT2D eigenvalue weighted by molar-refractivity contribution is 5.96. The molecule has 0 saturated heterocycles. The van der Waals surface area contributed by atoms with Crippen LogP contribution in [0.5, 0.6) is 0 Å². The Hall–Kier alpha value is -2.40. The van der Waals surface area contributed by atoms with Crippen molar-refractivity contribution in [2.45, 2.75) is 13.0 Å². The first-order valence-corrected chi connectivity index (χ1v) is 5.99. The van der Waals surface area contributed by atoms with Gasteiger partial charge < -0.3 is 10.2 Å². The predicted molar refractivity (Wildman–Crippen MR) is 72.7 cm³/mol. The summed E-state index contributed by atoms with van der Waals surface area (Å²) in [6.07, 6.45) is 3.45. The number of nitrogens with zero attached hydrogens (tertiary/aromatic N) is 1. The minimum atomic E-state index is -0.373. The number of benzene rings is 1. The molecule has 0 fully saturated rings. The van der Waals surface area contributed by atoms with Gasteiger partial charge in [0.05, 0.1) is 17.6 Å². The van der Waals surface area contributed by atoms with E-state index in [0.717, 1.165) is 16.5 Å². The molecule has 1 atom stereocenters. The van der Waals surface area contributed by atoms with Crippen LogP contribution in [0.3, 0.4) is 0 Å². The number of hydrogen-bond acceptors (Lipinski definition) is 4. The van der Waals surface area contributed by atoms with E-state index in [1.165, 1.54) is 0 Å². The summed E-state index contributed by atoms with van der Waals surface area (Å²) in [4.78, 5) is 12.0. The summed E-state index contributed by atoms with van der Waals surface area (Å²) >= 11 is 0. The maximum Gasteiger partial charge on any atom is 0.343 e. The van der Waals surface area contributed by atoms with Crippen LogP contribution >= 0.6 is 0 Å². The lowest BCUT2D eigenvalue weighted by Gasteiger charge is -2.12. The molecule has 0 saturated carbocycles. The number of nitrogens with one attached hydrogen (secondary N) is 1. The Bertz CT molecular complexity index is 773. The van der Waals surface area contributed by atoms with Crippen LogP contribution in [0.2, 0.25) is 0 Å². The zero-order valence-electron chi connectivity index (χ0n) is 10.4. The smallest absolute Gasteiger partial charge is 0.343 e. The molecule has 2 aromatic heterocycles. The van der Waals surface area contributed by atoms with Crippen molar-refractivity contribution < 1.29 is 4.42 Å². The molecule has 19 heavy (non-hydrogen) atoms. The normalized spacial score (nSPS) is 12.7. The molecule has 3 aromatic rings. The third-order valence-corrected chi connectivity index (χ3v) is 3.07. The van der Waals surface area contributed by atoms with Crippen LogP contribution in [0.4, 0.5) is 0 Å². The molecule has 0 aliphatic heterocycles. The molecule has 1 aromatic carbocycles. The molecular formula is C14H13N3O2. The average Bonchev–Trinajstić information content (AvgIpc) is 2.92. The Morgan fingerprint density at radius 3 is 2.68 bits per heavy atom. The summed E-state index contributed by atoms with van der Waals surface area (Å²) in [5, 5.41) is 8.08. The lowest BCUT2D eigenvalue weighted by molar-refractivity contribution is 0.444. The predicted octanol–water partition coefficient (Wildman–Crippen LogP) is 2.20. The van der Waals surface area contributed by atoms with E-state index in [2.05, 4.69) is 10.2 Å². The quantitative estimate of drug-likeness (QED) is 0.735. The first-order valence-electron chi connectivity index (χ1n) is 5.99. The maximum absolute atomic E-state index is 12.0. The van der Waals surface area contributed by atoms with Crippen LogP contribution in [0.15, 0.2) is 45.9 Å². The summed E-state index contributed by atoms with van der Waals surface area (Å²) in [6, 6.07) is 6.96.